The van der Waals surface area contributed by atoms with Crippen molar-refractivity contribution in [2.45, 2.75) is 4.90 Å². The van der Waals surface area contributed by atoms with E-state index in [0.717, 1.165) is 4.90 Å². The lowest BCUT2D eigenvalue weighted by Gasteiger charge is -2.02. The maximum absolute atomic E-state index is 11.7. The summed E-state index contributed by atoms with van der Waals surface area (Å²) < 4.78 is 0. The molecule has 0 spiro atoms. The number of carbonyl (C=O) groups is 2. The SMILES string of the molecule is NC(=O)c1ccc(NC(=O)/C=C/Sc2ccccc2)cc1. The van der Waals surface area contributed by atoms with Crippen LogP contribution in [0.15, 0.2) is 71.0 Å². The van der Waals surface area contributed by atoms with E-state index in [1.54, 1.807) is 29.7 Å². The second-order valence-corrected chi connectivity index (χ2v) is 5.14. The van der Waals surface area contributed by atoms with Gasteiger partial charge in [0.05, 0.1) is 0 Å². The van der Waals surface area contributed by atoms with E-state index in [0.29, 0.717) is 11.3 Å². The molecule has 0 heterocycles. The molecule has 0 unspecified atom stereocenters. The maximum Gasteiger partial charge on any atom is 0.248 e. The lowest BCUT2D eigenvalue weighted by atomic mass is 10.2. The zero-order chi connectivity index (χ0) is 15.1. The number of hydrogen-bond donors (Lipinski definition) is 2. The molecule has 2 aromatic rings. The molecule has 4 nitrogen and oxygen atoms in total. The Morgan fingerprint density at radius 1 is 1.00 bits per heavy atom. The first-order chi connectivity index (χ1) is 10.1. The lowest BCUT2D eigenvalue weighted by Crippen LogP contribution is -2.11. The predicted octanol–water partition coefficient (Wildman–Crippen LogP) is 3.03. The Morgan fingerprint density at radius 2 is 1.67 bits per heavy atom. The van der Waals surface area contributed by atoms with Crippen LogP contribution in [0.2, 0.25) is 0 Å². The van der Waals surface area contributed by atoms with Crippen molar-refractivity contribution in [3.8, 4) is 0 Å². The molecule has 0 radical (unpaired) electrons. The minimum absolute atomic E-state index is 0.231. The molecule has 21 heavy (non-hydrogen) atoms. The van der Waals surface area contributed by atoms with Crippen LogP contribution in [0.1, 0.15) is 10.4 Å². The van der Waals surface area contributed by atoms with Gasteiger partial charge in [-0.1, -0.05) is 30.0 Å². The number of nitrogens with two attached hydrogens (primary N) is 1. The van der Waals surface area contributed by atoms with E-state index in [2.05, 4.69) is 5.32 Å². The third-order valence-corrected chi connectivity index (χ3v) is 3.42. The van der Waals surface area contributed by atoms with Crippen LogP contribution in [0, 0.1) is 0 Å². The number of nitrogens with one attached hydrogen (secondary N) is 1. The van der Waals surface area contributed by atoms with E-state index in [1.165, 1.54) is 17.8 Å². The topological polar surface area (TPSA) is 72.2 Å². The summed E-state index contributed by atoms with van der Waals surface area (Å²) >= 11 is 1.46. The Morgan fingerprint density at radius 3 is 2.29 bits per heavy atom. The number of carbonyl (C=O) groups excluding carboxylic acids is 2. The van der Waals surface area contributed by atoms with Gasteiger partial charge in [-0.25, -0.2) is 0 Å². The summed E-state index contributed by atoms with van der Waals surface area (Å²) in [6, 6.07) is 16.2. The molecule has 3 N–H and O–H groups in total. The number of anilines is 1. The van der Waals surface area contributed by atoms with Crippen molar-refractivity contribution in [2.24, 2.45) is 5.73 Å². The average molecular weight is 298 g/mol. The predicted molar refractivity (Wildman–Crippen MR) is 85.0 cm³/mol. The van der Waals surface area contributed by atoms with E-state index in [-0.39, 0.29) is 5.91 Å². The van der Waals surface area contributed by atoms with Crippen molar-refractivity contribution in [3.63, 3.8) is 0 Å². The molecule has 0 fully saturated rings. The molecule has 2 amide bonds. The van der Waals surface area contributed by atoms with Crippen molar-refractivity contribution in [1.82, 2.24) is 0 Å². The molecule has 0 aliphatic carbocycles. The van der Waals surface area contributed by atoms with E-state index in [9.17, 15) is 9.59 Å². The first-order valence-corrected chi connectivity index (χ1v) is 7.12. The van der Waals surface area contributed by atoms with Crippen LogP contribution < -0.4 is 11.1 Å². The van der Waals surface area contributed by atoms with Gasteiger partial charge in [-0.05, 0) is 41.8 Å². The van der Waals surface area contributed by atoms with Gasteiger partial charge in [0, 0.05) is 22.2 Å². The van der Waals surface area contributed by atoms with Crippen molar-refractivity contribution >= 4 is 29.3 Å². The van der Waals surface area contributed by atoms with Crippen molar-refractivity contribution in [2.75, 3.05) is 5.32 Å². The number of benzene rings is 2. The van der Waals surface area contributed by atoms with E-state index >= 15 is 0 Å². The average Bonchev–Trinajstić information content (AvgIpc) is 2.49. The van der Waals surface area contributed by atoms with Crippen LogP contribution >= 0.6 is 11.8 Å². The van der Waals surface area contributed by atoms with Crippen molar-refractivity contribution in [1.29, 1.82) is 0 Å². The first kappa shape index (κ1) is 14.9. The van der Waals surface area contributed by atoms with Crippen LogP contribution in [0.4, 0.5) is 5.69 Å². The highest BCUT2D eigenvalue weighted by molar-refractivity contribution is 8.02. The summed E-state index contributed by atoms with van der Waals surface area (Å²) in [6.07, 6.45) is 1.46. The zero-order valence-electron chi connectivity index (χ0n) is 11.2. The highest BCUT2D eigenvalue weighted by Gasteiger charge is 2.01. The molecule has 0 aliphatic rings. The largest absolute Gasteiger partial charge is 0.366 e. The number of thioether (sulfide) groups is 1. The zero-order valence-corrected chi connectivity index (χ0v) is 12.0. The molecule has 0 saturated carbocycles. The minimum atomic E-state index is -0.493. The lowest BCUT2D eigenvalue weighted by molar-refractivity contribution is -0.111. The van der Waals surface area contributed by atoms with Crippen LogP contribution in [-0.4, -0.2) is 11.8 Å². The molecule has 0 saturated heterocycles. The third-order valence-electron chi connectivity index (χ3n) is 2.60. The highest BCUT2D eigenvalue weighted by Crippen LogP contribution is 2.18. The van der Waals surface area contributed by atoms with Gasteiger partial charge in [-0.3, -0.25) is 9.59 Å². The van der Waals surface area contributed by atoms with Gasteiger partial charge >= 0.3 is 0 Å². The first-order valence-electron chi connectivity index (χ1n) is 6.24. The summed E-state index contributed by atoms with van der Waals surface area (Å²) in [7, 11) is 0. The Labute approximate surface area is 127 Å². The summed E-state index contributed by atoms with van der Waals surface area (Å²) in [5.74, 6) is -0.725. The molecule has 2 rings (SSSR count). The van der Waals surface area contributed by atoms with E-state index in [4.69, 9.17) is 5.73 Å². The maximum atomic E-state index is 11.7. The second-order valence-electron chi connectivity index (χ2n) is 4.16. The summed E-state index contributed by atoms with van der Waals surface area (Å²) in [5.41, 5.74) is 6.16. The minimum Gasteiger partial charge on any atom is -0.366 e. The van der Waals surface area contributed by atoms with Crippen molar-refractivity contribution < 1.29 is 9.59 Å². The second kappa shape index (κ2) is 7.31. The van der Waals surface area contributed by atoms with Crippen LogP contribution in [0.5, 0.6) is 0 Å². The van der Waals surface area contributed by atoms with Gasteiger partial charge in [-0.2, -0.15) is 0 Å². The van der Waals surface area contributed by atoms with Gasteiger partial charge in [0.1, 0.15) is 0 Å². The van der Waals surface area contributed by atoms with E-state index < -0.39 is 5.91 Å². The molecule has 0 aromatic heterocycles. The summed E-state index contributed by atoms with van der Waals surface area (Å²) in [6.45, 7) is 0. The van der Waals surface area contributed by atoms with Crippen molar-refractivity contribution in [3.05, 3.63) is 71.6 Å². The van der Waals surface area contributed by atoms with Crippen LogP contribution in [0.3, 0.4) is 0 Å². The Balaban J connectivity index is 1.88. The molecule has 5 heteroatoms. The molecular formula is C16H14N2O2S. The molecule has 0 atom stereocenters. The van der Waals surface area contributed by atoms with Gasteiger partial charge in [0.15, 0.2) is 0 Å². The van der Waals surface area contributed by atoms with Gasteiger partial charge < -0.3 is 11.1 Å². The van der Waals surface area contributed by atoms with Gasteiger partial charge in [-0.15, -0.1) is 0 Å². The summed E-state index contributed by atoms with van der Waals surface area (Å²) in [4.78, 5) is 23.7. The quantitative estimate of drug-likeness (QED) is 0.658. The molecule has 0 aliphatic heterocycles. The number of rotatable bonds is 5. The number of primary amides is 1. The normalized spacial score (nSPS) is 10.5. The van der Waals surface area contributed by atoms with E-state index in [1.807, 2.05) is 30.3 Å². The Hall–Kier alpha value is -2.53. The number of amides is 2. The molecular weight excluding hydrogens is 284 g/mol. The number of hydrogen-bond acceptors (Lipinski definition) is 3. The Kier molecular flexibility index (Phi) is 5.17. The molecule has 2 aromatic carbocycles. The fourth-order valence-corrected chi connectivity index (χ4v) is 2.24. The smallest absolute Gasteiger partial charge is 0.248 e. The third kappa shape index (κ3) is 4.81. The summed E-state index contributed by atoms with van der Waals surface area (Å²) in [5, 5.41) is 4.43. The molecule has 0 bridgehead atoms. The van der Waals surface area contributed by atoms with Crippen LogP contribution in [0.25, 0.3) is 0 Å². The van der Waals surface area contributed by atoms with Crippen LogP contribution in [-0.2, 0) is 4.79 Å². The molecule has 106 valence electrons. The van der Waals surface area contributed by atoms with Gasteiger partial charge in [0.25, 0.3) is 0 Å². The fraction of sp³-hybridized carbons (Fsp3) is 0. The van der Waals surface area contributed by atoms with Gasteiger partial charge in [0.2, 0.25) is 11.8 Å². The highest BCUT2D eigenvalue weighted by atomic mass is 32.2. The monoisotopic (exact) mass is 298 g/mol. The Bertz CT molecular complexity index is 652. The fourth-order valence-electron chi connectivity index (χ4n) is 1.58. The standard InChI is InChI=1S/C16H14N2O2S/c17-16(20)12-6-8-13(9-7-12)18-15(19)10-11-21-14-4-2-1-3-5-14/h1-11H,(H2,17,20)(H,18,19)/b11-10+.